The molecule has 0 aliphatic carbocycles. The Morgan fingerprint density at radius 1 is 1.53 bits per heavy atom. The van der Waals surface area contributed by atoms with Gasteiger partial charge in [-0.25, -0.2) is 5.10 Å². The minimum atomic E-state index is -0.729. The van der Waals surface area contributed by atoms with E-state index in [0.29, 0.717) is 38.5 Å². The van der Waals surface area contributed by atoms with Gasteiger partial charge in [-0.15, -0.1) is 5.10 Å². The highest BCUT2D eigenvalue weighted by Crippen LogP contribution is 2.20. The minimum Gasteiger partial charge on any atom is -0.388 e. The highest BCUT2D eigenvalue weighted by atomic mass is 16.5. The monoisotopic (exact) mass is 213 g/mol. The Bertz CT molecular complexity index is 321. The van der Waals surface area contributed by atoms with Gasteiger partial charge in [0.05, 0.1) is 5.60 Å². The van der Waals surface area contributed by atoms with Crippen molar-refractivity contribution >= 4 is 11.9 Å². The Morgan fingerprint density at radius 2 is 2.27 bits per heavy atom. The first-order chi connectivity index (χ1) is 7.18. The molecular formula is C8H15N5O2. The number of aromatic nitrogens is 3. The van der Waals surface area contributed by atoms with Gasteiger partial charge in [-0.3, -0.25) is 0 Å². The number of nitrogens with zero attached hydrogens (tertiary/aromatic N) is 2. The van der Waals surface area contributed by atoms with E-state index in [1.165, 1.54) is 0 Å². The van der Waals surface area contributed by atoms with Crippen molar-refractivity contribution in [3.8, 4) is 0 Å². The lowest BCUT2D eigenvalue weighted by Gasteiger charge is -2.31. The fraction of sp³-hybridized carbons (Fsp3) is 0.750. The van der Waals surface area contributed by atoms with E-state index in [9.17, 15) is 5.11 Å². The van der Waals surface area contributed by atoms with Crippen molar-refractivity contribution in [1.29, 1.82) is 0 Å². The number of rotatable bonds is 3. The molecule has 2 rings (SSSR count). The molecule has 0 amide bonds. The first-order valence-electron chi connectivity index (χ1n) is 4.90. The van der Waals surface area contributed by atoms with Crippen molar-refractivity contribution in [3.63, 3.8) is 0 Å². The fourth-order valence-electron chi connectivity index (χ4n) is 1.53. The van der Waals surface area contributed by atoms with Gasteiger partial charge in [-0.05, 0) is 0 Å². The lowest BCUT2D eigenvalue weighted by atomic mass is 9.94. The van der Waals surface area contributed by atoms with E-state index < -0.39 is 5.60 Å². The zero-order valence-corrected chi connectivity index (χ0v) is 8.36. The number of aromatic amines is 1. The van der Waals surface area contributed by atoms with E-state index in [-0.39, 0.29) is 5.95 Å². The first-order valence-corrected chi connectivity index (χ1v) is 4.90. The SMILES string of the molecule is Nc1nc(NCC2(O)CCOCC2)n[nH]1. The summed E-state index contributed by atoms with van der Waals surface area (Å²) >= 11 is 0. The summed E-state index contributed by atoms with van der Waals surface area (Å²) in [5.74, 6) is 0.670. The molecule has 84 valence electrons. The van der Waals surface area contributed by atoms with Crippen LogP contribution in [0.3, 0.4) is 0 Å². The summed E-state index contributed by atoms with van der Waals surface area (Å²) in [6.07, 6.45) is 1.25. The minimum absolute atomic E-state index is 0.261. The van der Waals surface area contributed by atoms with Gasteiger partial charge < -0.3 is 20.9 Å². The van der Waals surface area contributed by atoms with Crippen molar-refractivity contribution in [1.82, 2.24) is 15.2 Å². The largest absolute Gasteiger partial charge is 0.388 e. The van der Waals surface area contributed by atoms with Gasteiger partial charge in [0.2, 0.25) is 11.9 Å². The molecule has 7 nitrogen and oxygen atoms in total. The maximum atomic E-state index is 10.1. The molecule has 0 atom stereocenters. The second kappa shape index (κ2) is 4.03. The Morgan fingerprint density at radius 3 is 2.87 bits per heavy atom. The zero-order valence-electron chi connectivity index (χ0n) is 8.36. The van der Waals surface area contributed by atoms with Crippen molar-refractivity contribution < 1.29 is 9.84 Å². The molecular weight excluding hydrogens is 198 g/mol. The van der Waals surface area contributed by atoms with Gasteiger partial charge in [0, 0.05) is 32.6 Å². The number of H-pyrrole nitrogens is 1. The summed E-state index contributed by atoms with van der Waals surface area (Å²) in [4.78, 5) is 3.88. The molecule has 1 aromatic heterocycles. The highest BCUT2D eigenvalue weighted by molar-refractivity contribution is 5.30. The summed E-state index contributed by atoms with van der Waals surface area (Å²) in [6, 6.07) is 0. The second-order valence-electron chi connectivity index (χ2n) is 3.73. The van der Waals surface area contributed by atoms with Crippen LogP contribution in [-0.2, 0) is 4.74 Å². The molecule has 1 aliphatic rings. The number of hydrogen-bond donors (Lipinski definition) is 4. The number of ether oxygens (including phenoxy) is 1. The Kier molecular flexibility index (Phi) is 2.74. The summed E-state index contributed by atoms with van der Waals surface area (Å²) < 4.78 is 5.18. The number of aliphatic hydroxyl groups is 1. The first kappa shape index (κ1) is 10.2. The summed E-state index contributed by atoms with van der Waals surface area (Å²) in [5, 5.41) is 19.4. The molecule has 7 heteroatoms. The van der Waals surface area contributed by atoms with Crippen molar-refractivity contribution in [2.75, 3.05) is 30.8 Å². The van der Waals surface area contributed by atoms with Crippen LogP contribution in [0.2, 0.25) is 0 Å². The number of nitrogen functional groups attached to an aromatic ring is 1. The third kappa shape index (κ3) is 2.57. The smallest absolute Gasteiger partial charge is 0.243 e. The molecule has 0 aromatic carbocycles. The average Bonchev–Trinajstić information content (AvgIpc) is 2.63. The molecule has 2 heterocycles. The number of nitrogens with two attached hydrogens (primary N) is 1. The second-order valence-corrected chi connectivity index (χ2v) is 3.73. The van der Waals surface area contributed by atoms with Crippen molar-refractivity contribution in [2.24, 2.45) is 0 Å². The third-order valence-electron chi connectivity index (χ3n) is 2.50. The fourth-order valence-corrected chi connectivity index (χ4v) is 1.53. The van der Waals surface area contributed by atoms with E-state index in [1.807, 2.05) is 0 Å². The van der Waals surface area contributed by atoms with E-state index in [0.717, 1.165) is 0 Å². The Labute approximate surface area is 87.0 Å². The van der Waals surface area contributed by atoms with Crippen LogP contribution < -0.4 is 11.1 Å². The number of anilines is 2. The predicted molar refractivity (Wildman–Crippen MR) is 54.3 cm³/mol. The van der Waals surface area contributed by atoms with Gasteiger partial charge in [0.1, 0.15) is 0 Å². The lowest BCUT2D eigenvalue weighted by Crippen LogP contribution is -2.42. The maximum absolute atomic E-state index is 10.1. The maximum Gasteiger partial charge on any atom is 0.243 e. The molecule has 0 saturated carbocycles. The lowest BCUT2D eigenvalue weighted by molar-refractivity contribution is -0.0544. The number of hydrogen-bond acceptors (Lipinski definition) is 6. The summed E-state index contributed by atoms with van der Waals surface area (Å²) in [6.45, 7) is 1.59. The van der Waals surface area contributed by atoms with Crippen LogP contribution in [0.5, 0.6) is 0 Å². The molecule has 1 aliphatic heterocycles. The molecule has 1 fully saturated rings. The summed E-state index contributed by atoms with van der Waals surface area (Å²) in [7, 11) is 0. The molecule has 0 unspecified atom stereocenters. The molecule has 1 aromatic rings. The molecule has 0 bridgehead atoms. The van der Waals surface area contributed by atoms with Crippen LogP contribution in [-0.4, -0.2) is 45.6 Å². The Hall–Kier alpha value is -1.34. The standard InChI is InChI=1S/C8H15N5O2/c9-6-11-7(13-12-6)10-5-8(14)1-3-15-4-2-8/h14H,1-5H2,(H4,9,10,11,12,13). The van der Waals surface area contributed by atoms with Gasteiger partial charge in [0.25, 0.3) is 0 Å². The molecule has 0 spiro atoms. The quantitative estimate of drug-likeness (QED) is 0.530. The summed E-state index contributed by atoms with van der Waals surface area (Å²) in [5.41, 5.74) is 4.64. The normalized spacial score (nSPS) is 20.1. The van der Waals surface area contributed by atoms with Gasteiger partial charge >= 0.3 is 0 Å². The van der Waals surface area contributed by atoms with Gasteiger partial charge in [-0.1, -0.05) is 0 Å². The average molecular weight is 213 g/mol. The van der Waals surface area contributed by atoms with Crippen LogP contribution in [0.25, 0.3) is 0 Å². The molecule has 0 radical (unpaired) electrons. The van der Waals surface area contributed by atoms with Crippen LogP contribution in [0.4, 0.5) is 11.9 Å². The van der Waals surface area contributed by atoms with Crippen molar-refractivity contribution in [2.45, 2.75) is 18.4 Å². The van der Waals surface area contributed by atoms with E-state index in [4.69, 9.17) is 10.5 Å². The highest BCUT2D eigenvalue weighted by Gasteiger charge is 2.29. The van der Waals surface area contributed by atoms with Crippen LogP contribution in [0.1, 0.15) is 12.8 Å². The number of nitrogens with one attached hydrogen (secondary N) is 2. The van der Waals surface area contributed by atoms with Crippen LogP contribution in [0, 0.1) is 0 Å². The topological polar surface area (TPSA) is 109 Å². The van der Waals surface area contributed by atoms with Crippen LogP contribution in [0.15, 0.2) is 0 Å². The van der Waals surface area contributed by atoms with E-state index in [1.54, 1.807) is 0 Å². The van der Waals surface area contributed by atoms with Gasteiger partial charge in [0.15, 0.2) is 0 Å². The third-order valence-corrected chi connectivity index (χ3v) is 2.50. The molecule has 15 heavy (non-hydrogen) atoms. The zero-order chi connectivity index (χ0) is 10.7. The van der Waals surface area contributed by atoms with E-state index in [2.05, 4.69) is 20.5 Å². The Balaban J connectivity index is 1.86. The molecule has 1 saturated heterocycles. The van der Waals surface area contributed by atoms with E-state index >= 15 is 0 Å². The molecule has 5 N–H and O–H groups in total. The van der Waals surface area contributed by atoms with Gasteiger partial charge in [-0.2, -0.15) is 4.98 Å². The van der Waals surface area contributed by atoms with Crippen molar-refractivity contribution in [3.05, 3.63) is 0 Å². The predicted octanol–water partition coefficient (Wildman–Crippen LogP) is -0.660. The van der Waals surface area contributed by atoms with Crippen LogP contribution >= 0.6 is 0 Å².